The second kappa shape index (κ2) is 8.51. The standard InChI is InChI=1S/C17H26N4O5S/c18-27(24,25)15-5-6-16(17(11-15)21(22)23)19-12-13-1-3-14(4-2-13)20-7-9-26-10-8-20/h5-6,11,13-14,19H,1-4,7-10,12H2,(H2,18,24,25). The molecule has 3 rings (SSSR count). The van der Waals surface area contributed by atoms with E-state index < -0.39 is 14.9 Å². The third-order valence-corrected chi connectivity index (χ3v) is 6.36. The maximum Gasteiger partial charge on any atom is 0.293 e. The van der Waals surface area contributed by atoms with E-state index in [-0.39, 0.29) is 10.6 Å². The summed E-state index contributed by atoms with van der Waals surface area (Å²) < 4.78 is 28.2. The Morgan fingerprint density at radius 2 is 1.89 bits per heavy atom. The predicted octanol–water partition coefficient (Wildman–Crippen LogP) is 1.55. The first-order valence-corrected chi connectivity index (χ1v) is 10.8. The molecule has 2 fully saturated rings. The van der Waals surface area contributed by atoms with Crippen molar-refractivity contribution in [3.05, 3.63) is 28.3 Å². The number of nitrogens with one attached hydrogen (secondary N) is 1. The molecule has 9 nitrogen and oxygen atoms in total. The van der Waals surface area contributed by atoms with Crippen molar-refractivity contribution >= 4 is 21.4 Å². The lowest BCUT2D eigenvalue weighted by molar-refractivity contribution is -0.384. The van der Waals surface area contributed by atoms with E-state index in [4.69, 9.17) is 9.88 Å². The van der Waals surface area contributed by atoms with E-state index in [0.29, 0.717) is 24.2 Å². The van der Waals surface area contributed by atoms with Crippen LogP contribution in [0, 0.1) is 16.0 Å². The largest absolute Gasteiger partial charge is 0.379 e. The number of ether oxygens (including phenoxy) is 1. The van der Waals surface area contributed by atoms with Crippen molar-refractivity contribution in [1.29, 1.82) is 0 Å². The highest BCUT2D eigenvalue weighted by atomic mass is 32.2. The molecule has 1 aromatic carbocycles. The third-order valence-electron chi connectivity index (χ3n) is 5.45. The van der Waals surface area contributed by atoms with Crippen LogP contribution in [-0.2, 0) is 14.8 Å². The summed E-state index contributed by atoms with van der Waals surface area (Å²) in [7, 11) is -3.97. The fourth-order valence-electron chi connectivity index (χ4n) is 3.90. The van der Waals surface area contributed by atoms with E-state index in [1.165, 1.54) is 12.1 Å². The molecule has 2 aliphatic rings. The number of hydrogen-bond acceptors (Lipinski definition) is 7. The Morgan fingerprint density at radius 3 is 2.48 bits per heavy atom. The predicted molar refractivity (Wildman–Crippen MR) is 101 cm³/mol. The maximum atomic E-state index is 11.4. The Labute approximate surface area is 159 Å². The Hall–Kier alpha value is -1.75. The van der Waals surface area contributed by atoms with Gasteiger partial charge in [-0.25, -0.2) is 13.6 Å². The van der Waals surface area contributed by atoms with Gasteiger partial charge in [0.2, 0.25) is 10.0 Å². The van der Waals surface area contributed by atoms with Crippen molar-refractivity contribution in [1.82, 2.24) is 4.90 Å². The maximum absolute atomic E-state index is 11.4. The number of sulfonamides is 1. The number of nitro groups is 1. The van der Waals surface area contributed by atoms with E-state index in [9.17, 15) is 18.5 Å². The lowest BCUT2D eigenvalue weighted by Gasteiger charge is -2.38. The Morgan fingerprint density at radius 1 is 1.22 bits per heavy atom. The molecule has 10 heteroatoms. The first-order chi connectivity index (χ1) is 12.8. The van der Waals surface area contributed by atoms with Crippen LogP contribution in [0.2, 0.25) is 0 Å². The zero-order valence-corrected chi connectivity index (χ0v) is 16.0. The second-order valence-electron chi connectivity index (χ2n) is 7.18. The molecule has 1 saturated heterocycles. The number of nitrogens with two attached hydrogens (primary N) is 1. The van der Waals surface area contributed by atoms with Crippen LogP contribution in [-0.4, -0.2) is 57.1 Å². The summed E-state index contributed by atoms with van der Waals surface area (Å²) in [5.41, 5.74) is 0.0474. The first kappa shape index (κ1) is 20.0. The Balaban J connectivity index is 1.56. The molecule has 0 bridgehead atoms. The van der Waals surface area contributed by atoms with Gasteiger partial charge in [-0.1, -0.05) is 0 Å². The molecule has 3 N–H and O–H groups in total. The van der Waals surface area contributed by atoms with Gasteiger partial charge < -0.3 is 10.1 Å². The molecule has 0 spiro atoms. The van der Waals surface area contributed by atoms with Crippen LogP contribution in [0.1, 0.15) is 25.7 Å². The summed E-state index contributed by atoms with van der Waals surface area (Å²) in [5, 5.41) is 19.5. The number of anilines is 1. The molecular weight excluding hydrogens is 372 g/mol. The summed E-state index contributed by atoms with van der Waals surface area (Å²) in [4.78, 5) is 12.9. The number of benzene rings is 1. The van der Waals surface area contributed by atoms with Gasteiger partial charge in [0.1, 0.15) is 5.69 Å². The SMILES string of the molecule is NS(=O)(=O)c1ccc(NCC2CCC(N3CCOCC3)CC2)c([N+](=O)[O-])c1. The van der Waals surface area contributed by atoms with Gasteiger partial charge in [-0.05, 0) is 43.7 Å². The van der Waals surface area contributed by atoms with Gasteiger partial charge in [0.25, 0.3) is 5.69 Å². The zero-order valence-electron chi connectivity index (χ0n) is 15.2. The number of nitrogens with zero attached hydrogens (tertiary/aromatic N) is 2. The van der Waals surface area contributed by atoms with Crippen LogP contribution >= 0.6 is 0 Å². The van der Waals surface area contributed by atoms with Crippen molar-refractivity contribution in [2.45, 2.75) is 36.6 Å². The quantitative estimate of drug-likeness (QED) is 0.549. The number of primary sulfonamides is 1. The molecule has 0 radical (unpaired) electrons. The second-order valence-corrected chi connectivity index (χ2v) is 8.75. The van der Waals surface area contributed by atoms with Crippen molar-refractivity contribution in [2.75, 3.05) is 38.2 Å². The summed E-state index contributed by atoms with van der Waals surface area (Å²) in [5.74, 6) is 0.444. The topological polar surface area (TPSA) is 128 Å². The average Bonchev–Trinajstić information content (AvgIpc) is 2.66. The molecule has 0 atom stereocenters. The minimum absolute atomic E-state index is 0.259. The third kappa shape index (κ3) is 5.16. The van der Waals surface area contributed by atoms with Gasteiger partial charge in [-0.3, -0.25) is 15.0 Å². The molecule has 0 amide bonds. The van der Waals surface area contributed by atoms with Crippen molar-refractivity contribution in [3.63, 3.8) is 0 Å². The summed E-state index contributed by atoms with van der Waals surface area (Å²) in [6, 6.07) is 4.32. The molecule has 1 aromatic rings. The summed E-state index contributed by atoms with van der Waals surface area (Å²) >= 11 is 0. The molecule has 1 aliphatic heterocycles. The van der Waals surface area contributed by atoms with Crippen LogP contribution in [0.5, 0.6) is 0 Å². The van der Waals surface area contributed by atoms with E-state index in [2.05, 4.69) is 10.2 Å². The van der Waals surface area contributed by atoms with Crippen molar-refractivity contribution in [3.8, 4) is 0 Å². The van der Waals surface area contributed by atoms with Crippen LogP contribution in [0.3, 0.4) is 0 Å². The number of morpholine rings is 1. The van der Waals surface area contributed by atoms with E-state index in [1.807, 2.05) is 0 Å². The van der Waals surface area contributed by atoms with E-state index in [1.54, 1.807) is 0 Å². The molecule has 1 aliphatic carbocycles. The minimum atomic E-state index is -3.97. The highest BCUT2D eigenvalue weighted by Crippen LogP contribution is 2.31. The van der Waals surface area contributed by atoms with Crippen molar-refractivity contribution in [2.24, 2.45) is 11.1 Å². The number of nitro benzene ring substituents is 1. The fourth-order valence-corrected chi connectivity index (χ4v) is 4.43. The molecule has 0 unspecified atom stereocenters. The van der Waals surface area contributed by atoms with Gasteiger partial charge in [0.15, 0.2) is 0 Å². The molecule has 27 heavy (non-hydrogen) atoms. The number of rotatable bonds is 6. The summed E-state index contributed by atoms with van der Waals surface area (Å²) in [6.45, 7) is 4.23. The Kier molecular flexibility index (Phi) is 6.30. The highest BCUT2D eigenvalue weighted by molar-refractivity contribution is 7.89. The molecular formula is C17H26N4O5S. The number of hydrogen-bond donors (Lipinski definition) is 2. The summed E-state index contributed by atoms with van der Waals surface area (Å²) in [6.07, 6.45) is 4.38. The van der Waals surface area contributed by atoms with E-state index in [0.717, 1.165) is 58.1 Å². The van der Waals surface area contributed by atoms with Gasteiger partial charge in [-0.15, -0.1) is 0 Å². The zero-order chi connectivity index (χ0) is 19.4. The van der Waals surface area contributed by atoms with Gasteiger partial charge in [0, 0.05) is 31.7 Å². The normalized spacial score (nSPS) is 24.5. The van der Waals surface area contributed by atoms with Crippen LogP contribution in [0.15, 0.2) is 23.1 Å². The minimum Gasteiger partial charge on any atom is -0.379 e. The van der Waals surface area contributed by atoms with Gasteiger partial charge >= 0.3 is 0 Å². The molecule has 1 saturated carbocycles. The highest BCUT2D eigenvalue weighted by Gasteiger charge is 2.27. The Bertz CT molecular complexity index is 772. The van der Waals surface area contributed by atoms with Gasteiger partial charge in [-0.2, -0.15) is 0 Å². The van der Waals surface area contributed by atoms with Crippen LogP contribution in [0.4, 0.5) is 11.4 Å². The average molecular weight is 398 g/mol. The van der Waals surface area contributed by atoms with Crippen molar-refractivity contribution < 1.29 is 18.1 Å². The van der Waals surface area contributed by atoms with Crippen LogP contribution in [0.25, 0.3) is 0 Å². The van der Waals surface area contributed by atoms with Crippen LogP contribution < -0.4 is 10.5 Å². The molecule has 0 aromatic heterocycles. The lowest BCUT2D eigenvalue weighted by atomic mass is 9.85. The smallest absolute Gasteiger partial charge is 0.293 e. The van der Waals surface area contributed by atoms with E-state index >= 15 is 0 Å². The monoisotopic (exact) mass is 398 g/mol. The van der Waals surface area contributed by atoms with Gasteiger partial charge in [0.05, 0.1) is 23.0 Å². The first-order valence-electron chi connectivity index (χ1n) is 9.21. The molecule has 150 valence electrons. The lowest BCUT2D eigenvalue weighted by Crippen LogP contribution is -2.45. The fraction of sp³-hybridized carbons (Fsp3) is 0.647. The molecule has 1 heterocycles.